The highest BCUT2D eigenvalue weighted by Gasteiger charge is 1.89. The molecule has 0 bridgehead atoms. The highest BCUT2D eigenvalue weighted by Crippen LogP contribution is 1.82. The molecule has 4 heteroatoms. The van der Waals surface area contributed by atoms with Crippen LogP contribution in [-0.4, -0.2) is 19.4 Å². The van der Waals surface area contributed by atoms with Crippen molar-refractivity contribution in [2.24, 2.45) is 5.10 Å². The first-order chi connectivity index (χ1) is 4.35. The van der Waals surface area contributed by atoms with E-state index in [2.05, 4.69) is 10.5 Å². The summed E-state index contributed by atoms with van der Waals surface area (Å²) < 4.78 is 4.73. The fraction of sp³-hybridized carbons (Fsp3) is 0.600. The third-order valence-corrected chi connectivity index (χ3v) is 0.780. The summed E-state index contributed by atoms with van der Waals surface area (Å²) in [4.78, 5) is 9.67. The van der Waals surface area contributed by atoms with Gasteiger partial charge in [-0.25, -0.2) is 5.43 Å². The van der Waals surface area contributed by atoms with Crippen molar-refractivity contribution in [2.45, 2.75) is 13.3 Å². The Morgan fingerprint density at radius 3 is 2.89 bits per heavy atom. The highest BCUT2D eigenvalue weighted by molar-refractivity contribution is 5.76. The van der Waals surface area contributed by atoms with Gasteiger partial charge in [-0.2, -0.15) is 0 Å². The first-order valence-corrected chi connectivity index (χ1v) is 2.64. The normalized spacial score (nSPS) is 10.7. The maximum Gasteiger partial charge on any atom is 0.227 e. The van der Waals surface area contributed by atoms with E-state index in [9.17, 15) is 4.79 Å². The van der Waals surface area contributed by atoms with Crippen LogP contribution in [-0.2, 0) is 9.53 Å². The molecule has 0 rings (SSSR count). The van der Waals surface area contributed by atoms with E-state index in [-0.39, 0.29) is 0 Å². The number of nitrogens with one attached hydrogen (secondary N) is 1. The van der Waals surface area contributed by atoms with E-state index in [1.54, 1.807) is 0 Å². The third-order valence-electron chi connectivity index (χ3n) is 0.780. The Morgan fingerprint density at radius 1 is 1.89 bits per heavy atom. The van der Waals surface area contributed by atoms with Gasteiger partial charge in [-0.05, 0) is 0 Å². The lowest BCUT2D eigenvalue weighted by Crippen LogP contribution is -2.08. The first kappa shape index (κ1) is 7.94. The lowest BCUT2D eigenvalue weighted by molar-refractivity contribution is -0.109. The number of methoxy groups -OCH3 is 1. The fourth-order valence-electron chi connectivity index (χ4n) is 0.367. The van der Waals surface area contributed by atoms with Crippen LogP contribution in [0.15, 0.2) is 5.10 Å². The van der Waals surface area contributed by atoms with E-state index in [1.807, 2.05) is 6.92 Å². The number of hydrazone groups is 1. The lowest BCUT2D eigenvalue weighted by Gasteiger charge is -1.97. The molecule has 0 aromatic heterocycles. The average molecular weight is 130 g/mol. The topological polar surface area (TPSA) is 50.7 Å². The van der Waals surface area contributed by atoms with E-state index in [1.165, 1.54) is 7.11 Å². The molecule has 0 spiro atoms. The van der Waals surface area contributed by atoms with Crippen LogP contribution in [0.25, 0.3) is 0 Å². The minimum atomic E-state index is 0.495. The number of hydrogen-bond acceptors (Lipinski definition) is 3. The van der Waals surface area contributed by atoms with Gasteiger partial charge in [0.15, 0.2) is 0 Å². The number of rotatable bonds is 3. The van der Waals surface area contributed by atoms with Gasteiger partial charge in [0.25, 0.3) is 0 Å². The molecule has 0 aliphatic carbocycles. The maximum absolute atomic E-state index is 9.67. The monoisotopic (exact) mass is 130 g/mol. The van der Waals surface area contributed by atoms with E-state index in [4.69, 9.17) is 4.74 Å². The summed E-state index contributed by atoms with van der Waals surface area (Å²) in [6.45, 7) is 1.88. The molecule has 0 aromatic rings. The molecule has 9 heavy (non-hydrogen) atoms. The van der Waals surface area contributed by atoms with Crippen LogP contribution in [0.5, 0.6) is 0 Å². The molecule has 0 aliphatic heterocycles. The van der Waals surface area contributed by atoms with Gasteiger partial charge in [0, 0.05) is 6.42 Å². The van der Waals surface area contributed by atoms with Crippen LogP contribution in [0.3, 0.4) is 0 Å². The standard InChI is InChI=1S/C5H10N2O2/c1-3-5(9-2)7-6-4-8/h4H,3H2,1-2H3,(H,6,8)/b7-5-. The molecule has 0 heterocycles. The summed E-state index contributed by atoms with van der Waals surface area (Å²) in [5.74, 6) is 0.516. The number of carbonyl (C=O) groups is 1. The summed E-state index contributed by atoms with van der Waals surface area (Å²) in [5, 5.41) is 3.56. The van der Waals surface area contributed by atoms with Crippen LogP contribution in [0.2, 0.25) is 0 Å². The fourth-order valence-corrected chi connectivity index (χ4v) is 0.367. The Kier molecular flexibility index (Phi) is 4.49. The predicted octanol–water partition coefficient (Wildman–Crippen LogP) is 0.102. The zero-order valence-electron chi connectivity index (χ0n) is 5.55. The van der Waals surface area contributed by atoms with E-state index in [0.717, 1.165) is 0 Å². The molecule has 0 atom stereocenters. The second kappa shape index (κ2) is 5.08. The number of ether oxygens (including phenoxy) is 1. The highest BCUT2D eigenvalue weighted by atomic mass is 16.5. The zero-order chi connectivity index (χ0) is 7.11. The smallest absolute Gasteiger partial charge is 0.227 e. The second-order valence-electron chi connectivity index (χ2n) is 1.31. The molecule has 0 aromatic carbocycles. The van der Waals surface area contributed by atoms with Gasteiger partial charge >= 0.3 is 0 Å². The minimum absolute atomic E-state index is 0.495. The summed E-state index contributed by atoms with van der Waals surface area (Å²) in [6.07, 6.45) is 1.17. The molecule has 52 valence electrons. The maximum atomic E-state index is 9.67. The van der Waals surface area contributed by atoms with Crippen LogP contribution in [0, 0.1) is 0 Å². The Balaban J connectivity index is 3.60. The summed E-state index contributed by atoms with van der Waals surface area (Å²) in [6, 6.07) is 0. The van der Waals surface area contributed by atoms with Crippen LogP contribution < -0.4 is 5.43 Å². The lowest BCUT2D eigenvalue weighted by atomic mass is 10.5. The Labute approximate surface area is 53.9 Å². The second-order valence-corrected chi connectivity index (χ2v) is 1.31. The summed E-state index contributed by atoms with van der Waals surface area (Å²) in [5.41, 5.74) is 2.13. The van der Waals surface area contributed by atoms with Gasteiger partial charge in [0.2, 0.25) is 12.3 Å². The molecular weight excluding hydrogens is 120 g/mol. The Morgan fingerprint density at radius 2 is 2.56 bits per heavy atom. The number of hydrogen-bond donors (Lipinski definition) is 1. The van der Waals surface area contributed by atoms with Gasteiger partial charge in [-0.1, -0.05) is 6.92 Å². The molecular formula is C5H10N2O2. The largest absolute Gasteiger partial charge is 0.483 e. The van der Waals surface area contributed by atoms with Gasteiger partial charge in [-0.15, -0.1) is 5.10 Å². The van der Waals surface area contributed by atoms with Crippen molar-refractivity contribution in [3.63, 3.8) is 0 Å². The van der Waals surface area contributed by atoms with Crippen molar-refractivity contribution < 1.29 is 9.53 Å². The van der Waals surface area contributed by atoms with Crippen LogP contribution >= 0.6 is 0 Å². The summed E-state index contributed by atoms with van der Waals surface area (Å²) >= 11 is 0. The molecule has 4 nitrogen and oxygen atoms in total. The molecule has 1 N–H and O–H groups in total. The molecule has 0 fully saturated rings. The van der Waals surface area contributed by atoms with Gasteiger partial charge in [0.1, 0.15) is 0 Å². The van der Waals surface area contributed by atoms with Crippen molar-refractivity contribution in [1.29, 1.82) is 0 Å². The van der Waals surface area contributed by atoms with E-state index >= 15 is 0 Å². The SMILES string of the molecule is CC/C(=N/NC=O)OC. The number of amides is 1. The van der Waals surface area contributed by atoms with Crippen molar-refractivity contribution in [3.05, 3.63) is 0 Å². The average Bonchev–Trinajstić information content (AvgIpc) is 1.91. The first-order valence-electron chi connectivity index (χ1n) is 2.64. The van der Waals surface area contributed by atoms with E-state index < -0.39 is 0 Å². The summed E-state index contributed by atoms with van der Waals surface area (Å²) in [7, 11) is 1.51. The molecule has 1 amide bonds. The zero-order valence-corrected chi connectivity index (χ0v) is 5.55. The van der Waals surface area contributed by atoms with Crippen molar-refractivity contribution in [3.8, 4) is 0 Å². The van der Waals surface area contributed by atoms with Crippen LogP contribution in [0.1, 0.15) is 13.3 Å². The molecule has 0 unspecified atom stereocenters. The van der Waals surface area contributed by atoms with Gasteiger partial charge in [0.05, 0.1) is 7.11 Å². The minimum Gasteiger partial charge on any atom is -0.483 e. The molecule has 0 radical (unpaired) electrons. The van der Waals surface area contributed by atoms with Crippen molar-refractivity contribution in [2.75, 3.05) is 7.11 Å². The van der Waals surface area contributed by atoms with Gasteiger partial charge in [-0.3, -0.25) is 4.79 Å². The number of carbonyl (C=O) groups excluding carboxylic acids is 1. The van der Waals surface area contributed by atoms with Gasteiger partial charge < -0.3 is 4.74 Å². The van der Waals surface area contributed by atoms with E-state index in [0.29, 0.717) is 18.7 Å². The van der Waals surface area contributed by atoms with Crippen molar-refractivity contribution in [1.82, 2.24) is 5.43 Å². The molecule has 0 saturated heterocycles. The molecule has 0 saturated carbocycles. The third kappa shape index (κ3) is 3.52. The quantitative estimate of drug-likeness (QED) is 0.255. The predicted molar refractivity (Wildman–Crippen MR) is 33.9 cm³/mol. The Bertz CT molecular complexity index is 106. The van der Waals surface area contributed by atoms with Crippen molar-refractivity contribution >= 4 is 12.3 Å². The number of nitrogens with zero attached hydrogens (tertiary/aromatic N) is 1. The Hall–Kier alpha value is -1.06. The molecule has 0 aliphatic rings. The van der Waals surface area contributed by atoms with Crippen LogP contribution in [0.4, 0.5) is 0 Å².